The normalized spacial score (nSPS) is 29.8. The van der Waals surface area contributed by atoms with E-state index in [1.54, 1.807) is 0 Å². The second-order valence-corrected chi connectivity index (χ2v) is 8.35. The number of benzene rings is 1. The maximum atomic E-state index is 13.7. The molecule has 1 aliphatic carbocycles. The summed E-state index contributed by atoms with van der Waals surface area (Å²) < 4.78 is 40.4. The zero-order chi connectivity index (χ0) is 15.4. The van der Waals surface area contributed by atoms with Crippen LogP contribution in [0.25, 0.3) is 0 Å². The van der Waals surface area contributed by atoms with Gasteiger partial charge in [0.1, 0.15) is 4.90 Å². The first-order valence-corrected chi connectivity index (χ1v) is 8.91. The van der Waals surface area contributed by atoms with E-state index in [1.165, 1.54) is 16.4 Å². The van der Waals surface area contributed by atoms with Crippen molar-refractivity contribution in [3.8, 4) is 0 Å². The second kappa shape index (κ2) is 5.35. The van der Waals surface area contributed by atoms with Gasteiger partial charge in [0, 0.05) is 19.1 Å². The summed E-state index contributed by atoms with van der Waals surface area (Å²) in [6.07, 6.45) is 1.86. The smallest absolute Gasteiger partial charge is 0.244 e. The van der Waals surface area contributed by atoms with Gasteiger partial charge in [-0.3, -0.25) is 0 Å². The first-order valence-electron chi connectivity index (χ1n) is 6.71. The summed E-state index contributed by atoms with van der Waals surface area (Å²) >= 11 is 11.4. The fraction of sp³-hybridized carbons (Fsp3) is 0.538. The lowest BCUT2D eigenvalue weighted by Crippen LogP contribution is -2.33. The zero-order valence-corrected chi connectivity index (χ0v) is 13.4. The Morgan fingerprint density at radius 2 is 1.95 bits per heavy atom. The minimum absolute atomic E-state index is 0.0348. The van der Waals surface area contributed by atoms with Crippen molar-refractivity contribution >= 4 is 33.2 Å². The standard InChI is InChI=1S/C13H15Cl2FN2O2S/c14-9-2-4-11(12(15)13(9)16)21(19,20)18-5-7-1-3-10(17)8(7)6-18/h2,4,7-8,10H,1,3,5-6,17H2. The second-order valence-electron chi connectivity index (χ2n) is 5.66. The molecule has 3 atom stereocenters. The predicted molar refractivity (Wildman–Crippen MR) is 79.4 cm³/mol. The van der Waals surface area contributed by atoms with Gasteiger partial charge in [0.2, 0.25) is 10.0 Å². The Labute approximate surface area is 133 Å². The highest BCUT2D eigenvalue weighted by atomic mass is 35.5. The number of hydrogen-bond acceptors (Lipinski definition) is 3. The molecule has 2 N–H and O–H groups in total. The molecule has 1 saturated carbocycles. The maximum Gasteiger partial charge on any atom is 0.244 e. The van der Waals surface area contributed by atoms with Crippen molar-refractivity contribution in [3.63, 3.8) is 0 Å². The number of nitrogens with two attached hydrogens (primary N) is 1. The van der Waals surface area contributed by atoms with E-state index in [0.29, 0.717) is 13.1 Å². The average molecular weight is 353 g/mol. The Morgan fingerprint density at radius 3 is 2.62 bits per heavy atom. The largest absolute Gasteiger partial charge is 0.327 e. The topological polar surface area (TPSA) is 63.4 Å². The van der Waals surface area contributed by atoms with Gasteiger partial charge in [0.05, 0.1) is 10.0 Å². The van der Waals surface area contributed by atoms with E-state index in [2.05, 4.69) is 0 Å². The van der Waals surface area contributed by atoms with Gasteiger partial charge in [0.15, 0.2) is 5.82 Å². The minimum Gasteiger partial charge on any atom is -0.327 e. The van der Waals surface area contributed by atoms with Crippen molar-refractivity contribution in [2.24, 2.45) is 17.6 Å². The molecule has 116 valence electrons. The number of fused-ring (bicyclic) bond motifs is 1. The zero-order valence-electron chi connectivity index (χ0n) is 11.1. The highest BCUT2D eigenvalue weighted by Crippen LogP contribution is 2.40. The molecular formula is C13H15Cl2FN2O2S. The van der Waals surface area contributed by atoms with Gasteiger partial charge < -0.3 is 5.73 Å². The number of rotatable bonds is 2. The molecule has 8 heteroatoms. The third-order valence-corrected chi connectivity index (χ3v) is 7.14. The van der Waals surface area contributed by atoms with Gasteiger partial charge in [-0.2, -0.15) is 4.31 Å². The van der Waals surface area contributed by atoms with Gasteiger partial charge in [-0.25, -0.2) is 12.8 Å². The molecule has 0 radical (unpaired) electrons. The Balaban J connectivity index is 1.94. The van der Waals surface area contributed by atoms with E-state index in [-0.39, 0.29) is 27.8 Å². The summed E-state index contributed by atoms with van der Waals surface area (Å²) in [6, 6.07) is 2.49. The van der Waals surface area contributed by atoms with Crippen molar-refractivity contribution in [1.29, 1.82) is 0 Å². The lowest BCUT2D eigenvalue weighted by molar-refractivity contribution is 0.427. The van der Waals surface area contributed by atoms with E-state index >= 15 is 0 Å². The summed E-state index contributed by atoms with van der Waals surface area (Å²) in [4.78, 5) is -0.236. The first kappa shape index (κ1) is 15.5. The lowest BCUT2D eigenvalue weighted by Gasteiger charge is -2.19. The van der Waals surface area contributed by atoms with Crippen molar-refractivity contribution in [2.75, 3.05) is 13.1 Å². The predicted octanol–water partition coefficient (Wildman–Crippen LogP) is 2.49. The van der Waals surface area contributed by atoms with Crippen LogP contribution in [0.1, 0.15) is 12.8 Å². The van der Waals surface area contributed by atoms with Crippen LogP contribution in [0.5, 0.6) is 0 Å². The van der Waals surface area contributed by atoms with Crippen molar-refractivity contribution in [1.82, 2.24) is 4.31 Å². The minimum atomic E-state index is -3.83. The molecular weight excluding hydrogens is 338 g/mol. The fourth-order valence-electron chi connectivity index (χ4n) is 3.31. The molecule has 1 saturated heterocycles. The number of halogens is 3. The van der Waals surface area contributed by atoms with E-state index < -0.39 is 20.9 Å². The Kier molecular flexibility index (Phi) is 3.95. The van der Waals surface area contributed by atoms with E-state index in [9.17, 15) is 12.8 Å². The molecule has 21 heavy (non-hydrogen) atoms. The quantitative estimate of drug-likeness (QED) is 0.831. The van der Waals surface area contributed by atoms with Crippen LogP contribution < -0.4 is 5.73 Å². The van der Waals surface area contributed by atoms with Crippen molar-refractivity contribution in [3.05, 3.63) is 28.0 Å². The first-order chi connectivity index (χ1) is 9.82. The summed E-state index contributed by atoms with van der Waals surface area (Å²) in [6.45, 7) is 0.788. The number of sulfonamides is 1. The van der Waals surface area contributed by atoms with Gasteiger partial charge >= 0.3 is 0 Å². The molecule has 0 aromatic heterocycles. The maximum absolute atomic E-state index is 13.7. The number of hydrogen-bond donors (Lipinski definition) is 1. The molecule has 1 aliphatic heterocycles. The summed E-state index contributed by atoms with van der Waals surface area (Å²) in [5.41, 5.74) is 6.01. The van der Waals surface area contributed by atoms with Crippen LogP contribution in [-0.4, -0.2) is 31.9 Å². The molecule has 1 aromatic carbocycles. The van der Waals surface area contributed by atoms with Gasteiger partial charge in [-0.05, 0) is 36.8 Å². The molecule has 2 fully saturated rings. The van der Waals surface area contributed by atoms with Crippen molar-refractivity contribution < 1.29 is 12.8 Å². The summed E-state index contributed by atoms with van der Waals surface area (Å²) in [7, 11) is -3.83. The van der Waals surface area contributed by atoms with Gasteiger partial charge in [-0.15, -0.1) is 0 Å². The van der Waals surface area contributed by atoms with Gasteiger partial charge in [0.25, 0.3) is 0 Å². The Hall–Kier alpha value is -0.400. The van der Waals surface area contributed by atoms with E-state index in [1.807, 2.05) is 0 Å². The van der Waals surface area contributed by atoms with Crippen LogP contribution in [0, 0.1) is 17.7 Å². The van der Waals surface area contributed by atoms with E-state index in [4.69, 9.17) is 28.9 Å². The Morgan fingerprint density at radius 1 is 1.24 bits per heavy atom. The molecule has 3 rings (SSSR count). The van der Waals surface area contributed by atoms with Crippen LogP contribution in [0.4, 0.5) is 4.39 Å². The third-order valence-electron chi connectivity index (χ3n) is 4.50. The highest BCUT2D eigenvalue weighted by molar-refractivity contribution is 7.89. The fourth-order valence-corrected chi connectivity index (χ4v) is 5.56. The molecule has 2 aliphatic rings. The molecule has 0 spiro atoms. The third kappa shape index (κ3) is 2.47. The highest BCUT2D eigenvalue weighted by Gasteiger charge is 2.45. The molecule has 0 bridgehead atoms. The summed E-state index contributed by atoms with van der Waals surface area (Å²) in [5, 5.41) is -0.650. The van der Waals surface area contributed by atoms with Crippen LogP contribution in [0.3, 0.4) is 0 Å². The molecule has 4 nitrogen and oxygen atoms in total. The number of nitrogens with zero attached hydrogens (tertiary/aromatic N) is 1. The average Bonchev–Trinajstić information content (AvgIpc) is 2.99. The molecule has 3 unspecified atom stereocenters. The SMILES string of the molecule is NC1CCC2CN(S(=O)(=O)c3ccc(Cl)c(F)c3Cl)CC12. The molecule has 1 heterocycles. The monoisotopic (exact) mass is 352 g/mol. The van der Waals surface area contributed by atoms with Crippen molar-refractivity contribution in [2.45, 2.75) is 23.8 Å². The van der Waals surface area contributed by atoms with Crippen LogP contribution in [-0.2, 0) is 10.0 Å². The van der Waals surface area contributed by atoms with Crippen LogP contribution in [0.15, 0.2) is 17.0 Å². The molecule has 1 aromatic rings. The van der Waals surface area contributed by atoms with Crippen LogP contribution in [0.2, 0.25) is 10.0 Å². The van der Waals surface area contributed by atoms with E-state index in [0.717, 1.165) is 12.8 Å². The van der Waals surface area contributed by atoms with Crippen LogP contribution >= 0.6 is 23.2 Å². The summed E-state index contributed by atoms with van der Waals surface area (Å²) in [5.74, 6) is -0.447. The molecule has 0 amide bonds. The Bertz CT molecular complexity index is 683. The van der Waals surface area contributed by atoms with Gasteiger partial charge in [-0.1, -0.05) is 23.2 Å². The lowest BCUT2D eigenvalue weighted by atomic mass is 9.98.